The minimum absolute atomic E-state index is 0.0472. The molecule has 1 amide bonds. The quantitative estimate of drug-likeness (QED) is 0.411. The van der Waals surface area contributed by atoms with E-state index in [2.05, 4.69) is 5.32 Å². The van der Waals surface area contributed by atoms with Gasteiger partial charge in [0.25, 0.3) is 0 Å². The van der Waals surface area contributed by atoms with Crippen molar-refractivity contribution in [3.8, 4) is 0 Å². The number of esters is 1. The average Bonchev–Trinajstić information content (AvgIpc) is 2.13. The fraction of sp³-hybridized carbons (Fsp3) is 0.600. The minimum Gasteiger partial charge on any atom is -0.461 e. The Bertz CT molecular complexity index is 281. The molecule has 4 heteroatoms. The number of carbonyl (C=O) groups excluding carboxylic acids is 2. The molecular formula is C10H15NO3. The van der Waals surface area contributed by atoms with E-state index < -0.39 is 0 Å². The molecule has 0 unspecified atom stereocenters. The topological polar surface area (TPSA) is 55.4 Å². The third-order valence-corrected chi connectivity index (χ3v) is 2.12. The van der Waals surface area contributed by atoms with E-state index in [9.17, 15) is 9.59 Å². The van der Waals surface area contributed by atoms with E-state index in [1.807, 2.05) is 13.8 Å². The molecule has 1 heterocycles. The summed E-state index contributed by atoms with van der Waals surface area (Å²) in [6.07, 6.45) is 1.23. The highest BCUT2D eigenvalue weighted by Gasteiger charge is 2.21. The summed E-state index contributed by atoms with van der Waals surface area (Å²) < 4.78 is 4.97. The molecule has 1 rings (SSSR count). The van der Waals surface area contributed by atoms with E-state index >= 15 is 0 Å². The van der Waals surface area contributed by atoms with Gasteiger partial charge in [0.2, 0.25) is 5.91 Å². The zero-order chi connectivity index (χ0) is 10.6. The summed E-state index contributed by atoms with van der Waals surface area (Å²) in [5, 5.41) is 2.61. The molecule has 0 aliphatic carbocycles. The predicted octanol–water partition coefficient (Wildman–Crippen LogP) is 0.776. The number of β-lactam (4-membered cyclic amide) rings is 1. The van der Waals surface area contributed by atoms with E-state index in [0.717, 1.165) is 17.6 Å². The van der Waals surface area contributed by atoms with Crippen LogP contribution in [0.15, 0.2) is 11.1 Å². The number of nitrogens with one attached hydrogen (secondary N) is 1. The second-order valence-corrected chi connectivity index (χ2v) is 3.35. The summed E-state index contributed by atoms with van der Waals surface area (Å²) in [5.41, 5.74) is 1.59. The van der Waals surface area contributed by atoms with Gasteiger partial charge in [0, 0.05) is 18.5 Å². The Morgan fingerprint density at radius 1 is 1.57 bits per heavy atom. The summed E-state index contributed by atoms with van der Waals surface area (Å²) >= 11 is 0. The van der Waals surface area contributed by atoms with Crippen molar-refractivity contribution in [1.82, 2.24) is 5.32 Å². The van der Waals surface area contributed by atoms with Crippen LogP contribution in [0.4, 0.5) is 0 Å². The van der Waals surface area contributed by atoms with Gasteiger partial charge >= 0.3 is 5.97 Å². The van der Waals surface area contributed by atoms with Gasteiger partial charge in [-0.1, -0.05) is 6.92 Å². The van der Waals surface area contributed by atoms with Crippen molar-refractivity contribution in [1.29, 1.82) is 0 Å². The molecule has 1 aliphatic heterocycles. The molecule has 0 aromatic rings. The minimum atomic E-state index is -0.202. The van der Waals surface area contributed by atoms with Crippen molar-refractivity contribution < 1.29 is 14.3 Å². The van der Waals surface area contributed by atoms with E-state index in [4.69, 9.17) is 4.74 Å². The van der Waals surface area contributed by atoms with Crippen LogP contribution in [0.5, 0.6) is 0 Å². The molecule has 1 aliphatic rings. The van der Waals surface area contributed by atoms with Crippen LogP contribution in [0.3, 0.4) is 0 Å². The molecule has 1 saturated heterocycles. The summed E-state index contributed by atoms with van der Waals surface area (Å²) in [4.78, 5) is 21.9. The summed E-state index contributed by atoms with van der Waals surface area (Å²) in [6.45, 7) is 4.57. The van der Waals surface area contributed by atoms with Crippen LogP contribution in [0.1, 0.15) is 26.7 Å². The van der Waals surface area contributed by atoms with Crippen molar-refractivity contribution in [2.45, 2.75) is 26.7 Å². The van der Waals surface area contributed by atoms with Crippen LogP contribution in [0.25, 0.3) is 0 Å². The smallest absolute Gasteiger partial charge is 0.306 e. The van der Waals surface area contributed by atoms with Gasteiger partial charge in [0.05, 0.1) is 0 Å². The fourth-order valence-corrected chi connectivity index (χ4v) is 1.15. The Labute approximate surface area is 83.3 Å². The molecular weight excluding hydrogens is 182 g/mol. The third kappa shape index (κ3) is 2.58. The molecule has 14 heavy (non-hydrogen) atoms. The molecule has 78 valence electrons. The summed E-state index contributed by atoms with van der Waals surface area (Å²) in [5.74, 6) is -0.249. The zero-order valence-electron chi connectivity index (χ0n) is 8.55. The number of rotatable bonds is 4. The third-order valence-electron chi connectivity index (χ3n) is 2.12. The van der Waals surface area contributed by atoms with E-state index in [0.29, 0.717) is 13.0 Å². The zero-order valence-corrected chi connectivity index (χ0v) is 8.55. The largest absolute Gasteiger partial charge is 0.461 e. The Balaban J connectivity index is 2.34. The van der Waals surface area contributed by atoms with Crippen LogP contribution in [-0.4, -0.2) is 25.0 Å². The van der Waals surface area contributed by atoms with E-state index in [1.54, 1.807) is 0 Å². The van der Waals surface area contributed by atoms with Gasteiger partial charge < -0.3 is 10.1 Å². The number of hydrogen-bond acceptors (Lipinski definition) is 3. The second-order valence-electron chi connectivity index (χ2n) is 3.35. The molecule has 1 N–H and O–H groups in total. The molecule has 0 saturated carbocycles. The Morgan fingerprint density at radius 2 is 2.29 bits per heavy atom. The van der Waals surface area contributed by atoms with Gasteiger partial charge in [0.1, 0.15) is 6.61 Å². The molecule has 0 aromatic carbocycles. The lowest BCUT2D eigenvalue weighted by atomic mass is 10.0. The highest BCUT2D eigenvalue weighted by Crippen LogP contribution is 2.10. The SMILES string of the molecule is CCCC(=O)OC/C(C)=C1/CNC1=O. The standard InChI is InChI=1S/C10H15NO3/c1-3-4-9(12)14-6-7(2)8-5-11-10(8)13/h3-6H2,1-2H3,(H,11,13)/b8-7-. The first-order valence-electron chi connectivity index (χ1n) is 4.77. The van der Waals surface area contributed by atoms with E-state index in [-0.39, 0.29) is 18.5 Å². The lowest BCUT2D eigenvalue weighted by molar-refractivity contribution is -0.142. The van der Waals surface area contributed by atoms with Gasteiger partial charge in [-0.2, -0.15) is 0 Å². The predicted molar refractivity (Wildman–Crippen MR) is 51.6 cm³/mol. The van der Waals surface area contributed by atoms with Crippen molar-refractivity contribution >= 4 is 11.9 Å². The number of ether oxygens (including phenoxy) is 1. The van der Waals surface area contributed by atoms with Gasteiger partial charge in [-0.3, -0.25) is 9.59 Å². The lowest BCUT2D eigenvalue weighted by Crippen LogP contribution is -2.42. The number of amides is 1. The van der Waals surface area contributed by atoms with Crippen LogP contribution in [0.2, 0.25) is 0 Å². The first-order valence-corrected chi connectivity index (χ1v) is 4.77. The highest BCUT2D eigenvalue weighted by molar-refractivity contribution is 6.00. The Morgan fingerprint density at radius 3 is 2.71 bits per heavy atom. The molecule has 0 aromatic heterocycles. The highest BCUT2D eigenvalue weighted by atomic mass is 16.5. The van der Waals surface area contributed by atoms with Gasteiger partial charge in [-0.05, 0) is 18.9 Å². The monoisotopic (exact) mass is 197 g/mol. The molecule has 4 nitrogen and oxygen atoms in total. The molecule has 0 bridgehead atoms. The molecule has 0 atom stereocenters. The van der Waals surface area contributed by atoms with Crippen molar-refractivity contribution in [2.24, 2.45) is 0 Å². The first-order chi connectivity index (χ1) is 6.65. The number of hydrogen-bond donors (Lipinski definition) is 1. The van der Waals surface area contributed by atoms with Crippen LogP contribution in [-0.2, 0) is 14.3 Å². The van der Waals surface area contributed by atoms with Gasteiger partial charge in [-0.25, -0.2) is 0 Å². The molecule has 1 fully saturated rings. The van der Waals surface area contributed by atoms with Gasteiger partial charge in [-0.15, -0.1) is 0 Å². The van der Waals surface area contributed by atoms with Crippen LogP contribution in [0, 0.1) is 0 Å². The average molecular weight is 197 g/mol. The lowest BCUT2D eigenvalue weighted by Gasteiger charge is -2.20. The molecule has 0 spiro atoms. The van der Waals surface area contributed by atoms with Crippen molar-refractivity contribution in [3.63, 3.8) is 0 Å². The maximum Gasteiger partial charge on any atom is 0.306 e. The summed E-state index contributed by atoms with van der Waals surface area (Å²) in [6, 6.07) is 0. The maximum absolute atomic E-state index is 11.0. The van der Waals surface area contributed by atoms with Crippen molar-refractivity contribution in [2.75, 3.05) is 13.2 Å². The normalized spacial score (nSPS) is 18.3. The van der Waals surface area contributed by atoms with Gasteiger partial charge in [0.15, 0.2) is 0 Å². The fourth-order valence-electron chi connectivity index (χ4n) is 1.15. The van der Waals surface area contributed by atoms with Crippen LogP contribution >= 0.6 is 0 Å². The first kappa shape index (κ1) is 10.8. The molecule has 0 radical (unpaired) electrons. The second kappa shape index (κ2) is 4.79. The maximum atomic E-state index is 11.0. The Kier molecular flexibility index (Phi) is 3.68. The van der Waals surface area contributed by atoms with E-state index in [1.165, 1.54) is 0 Å². The number of carbonyl (C=O) groups is 2. The van der Waals surface area contributed by atoms with Crippen molar-refractivity contribution in [3.05, 3.63) is 11.1 Å². The van der Waals surface area contributed by atoms with Crippen LogP contribution < -0.4 is 5.32 Å². The Hall–Kier alpha value is -1.32. The summed E-state index contributed by atoms with van der Waals surface area (Å²) in [7, 11) is 0.